The Morgan fingerprint density at radius 3 is 2.45 bits per heavy atom. The summed E-state index contributed by atoms with van der Waals surface area (Å²) in [4.78, 5) is 2.99. The van der Waals surface area contributed by atoms with Crippen molar-refractivity contribution in [2.45, 2.75) is 13.0 Å². The van der Waals surface area contributed by atoms with Crippen LogP contribution >= 0.6 is 12.2 Å². The fourth-order valence-corrected chi connectivity index (χ4v) is 2.55. The summed E-state index contributed by atoms with van der Waals surface area (Å²) in [5, 5.41) is 0. The van der Waals surface area contributed by atoms with Crippen molar-refractivity contribution in [1.82, 2.24) is 9.55 Å². The average Bonchev–Trinajstić information content (AvgIpc) is 2.73. The van der Waals surface area contributed by atoms with Crippen LogP contribution in [0.15, 0.2) is 42.5 Å². The van der Waals surface area contributed by atoms with Crippen molar-refractivity contribution in [3.63, 3.8) is 0 Å². The average molecular weight is 290 g/mol. The summed E-state index contributed by atoms with van der Waals surface area (Å²) in [6, 6.07) is 11.0. The van der Waals surface area contributed by atoms with Crippen LogP contribution in [0.2, 0.25) is 0 Å². The Balaban J connectivity index is 1.89. The summed E-state index contributed by atoms with van der Waals surface area (Å²) >= 11 is 5.26. The van der Waals surface area contributed by atoms with Crippen LogP contribution in [-0.4, -0.2) is 9.55 Å². The van der Waals surface area contributed by atoms with Gasteiger partial charge in [0.1, 0.15) is 11.6 Å². The number of hydrogen-bond donors (Lipinski definition) is 1. The van der Waals surface area contributed by atoms with Gasteiger partial charge in [-0.15, -0.1) is 0 Å². The molecule has 0 amide bonds. The van der Waals surface area contributed by atoms with Crippen molar-refractivity contribution >= 4 is 23.3 Å². The Hall–Kier alpha value is -2.01. The van der Waals surface area contributed by atoms with Crippen LogP contribution in [0.25, 0.3) is 11.0 Å². The minimum atomic E-state index is -0.292. The molecule has 3 rings (SSSR count). The minimum absolute atomic E-state index is 0.243. The molecule has 0 bridgehead atoms. The van der Waals surface area contributed by atoms with E-state index in [0.717, 1.165) is 17.5 Å². The maximum absolute atomic E-state index is 13.2. The molecule has 3 aromatic rings. The van der Waals surface area contributed by atoms with Crippen LogP contribution < -0.4 is 0 Å². The first-order chi connectivity index (χ1) is 9.63. The zero-order valence-electron chi connectivity index (χ0n) is 10.6. The van der Waals surface area contributed by atoms with E-state index in [1.165, 1.54) is 24.3 Å². The van der Waals surface area contributed by atoms with Crippen molar-refractivity contribution < 1.29 is 8.78 Å². The van der Waals surface area contributed by atoms with Gasteiger partial charge in [0.2, 0.25) is 0 Å². The molecule has 2 aromatic carbocycles. The fraction of sp³-hybridized carbons (Fsp3) is 0.133. The van der Waals surface area contributed by atoms with E-state index in [1.807, 2.05) is 4.57 Å². The molecule has 1 N–H and O–H groups in total. The van der Waals surface area contributed by atoms with E-state index in [1.54, 1.807) is 18.2 Å². The second-order valence-electron chi connectivity index (χ2n) is 4.62. The predicted molar refractivity (Wildman–Crippen MR) is 77.2 cm³/mol. The third-order valence-electron chi connectivity index (χ3n) is 3.27. The van der Waals surface area contributed by atoms with E-state index in [9.17, 15) is 8.78 Å². The molecule has 0 radical (unpaired) electrons. The van der Waals surface area contributed by atoms with Gasteiger partial charge in [0.25, 0.3) is 0 Å². The van der Waals surface area contributed by atoms with Crippen molar-refractivity contribution in [3.05, 3.63) is 64.4 Å². The molecule has 102 valence electrons. The number of H-pyrrole nitrogens is 1. The summed E-state index contributed by atoms with van der Waals surface area (Å²) in [5.74, 6) is -0.535. The quantitative estimate of drug-likeness (QED) is 0.716. The predicted octanol–water partition coefficient (Wildman–Crippen LogP) is 4.22. The number of imidazole rings is 1. The van der Waals surface area contributed by atoms with Crippen molar-refractivity contribution in [3.8, 4) is 0 Å². The van der Waals surface area contributed by atoms with Gasteiger partial charge >= 0.3 is 0 Å². The summed E-state index contributed by atoms with van der Waals surface area (Å²) in [7, 11) is 0. The SMILES string of the molecule is Fc1ccc(CCn2c(=S)[nH]c3cc(F)ccc32)cc1. The van der Waals surface area contributed by atoms with Gasteiger partial charge in [0.05, 0.1) is 11.0 Å². The Labute approximate surface area is 119 Å². The highest BCUT2D eigenvalue weighted by molar-refractivity contribution is 7.71. The fourth-order valence-electron chi connectivity index (χ4n) is 2.25. The first kappa shape index (κ1) is 13.0. The van der Waals surface area contributed by atoms with E-state index in [0.29, 0.717) is 16.8 Å². The summed E-state index contributed by atoms with van der Waals surface area (Å²) in [6.07, 6.45) is 0.735. The lowest BCUT2D eigenvalue weighted by atomic mass is 10.1. The van der Waals surface area contributed by atoms with Crippen LogP contribution in [-0.2, 0) is 13.0 Å². The summed E-state index contributed by atoms with van der Waals surface area (Å²) in [5.41, 5.74) is 2.59. The molecule has 0 aliphatic rings. The molecular formula is C15H12F2N2S. The monoisotopic (exact) mass is 290 g/mol. The lowest BCUT2D eigenvalue weighted by Gasteiger charge is -2.05. The largest absolute Gasteiger partial charge is 0.330 e. The molecule has 0 saturated heterocycles. The smallest absolute Gasteiger partial charge is 0.178 e. The molecule has 1 heterocycles. The van der Waals surface area contributed by atoms with Crippen LogP contribution in [0, 0.1) is 16.4 Å². The standard InChI is InChI=1S/C15H12F2N2S/c16-11-3-1-10(2-4-11)7-8-19-14-6-5-12(17)9-13(14)18-15(19)20/h1-6,9H,7-8H2,(H,18,20). The maximum Gasteiger partial charge on any atom is 0.178 e. The molecule has 0 spiro atoms. The Morgan fingerprint density at radius 2 is 1.70 bits per heavy atom. The van der Waals surface area contributed by atoms with Gasteiger partial charge < -0.3 is 9.55 Å². The number of benzene rings is 2. The number of nitrogens with zero attached hydrogens (tertiary/aromatic N) is 1. The lowest BCUT2D eigenvalue weighted by Crippen LogP contribution is -2.01. The van der Waals surface area contributed by atoms with Gasteiger partial charge in [0.15, 0.2) is 4.77 Å². The number of aromatic amines is 1. The number of fused-ring (bicyclic) bond motifs is 1. The highest BCUT2D eigenvalue weighted by Gasteiger charge is 2.05. The van der Waals surface area contributed by atoms with Gasteiger partial charge in [-0.25, -0.2) is 8.78 Å². The van der Waals surface area contributed by atoms with Crippen LogP contribution in [0.3, 0.4) is 0 Å². The minimum Gasteiger partial charge on any atom is -0.330 e. The first-order valence-electron chi connectivity index (χ1n) is 6.26. The molecule has 1 aromatic heterocycles. The van der Waals surface area contributed by atoms with Crippen LogP contribution in [0.5, 0.6) is 0 Å². The molecule has 0 aliphatic carbocycles. The number of nitrogens with one attached hydrogen (secondary N) is 1. The van der Waals surface area contributed by atoms with Gasteiger partial charge in [0, 0.05) is 6.54 Å². The topological polar surface area (TPSA) is 20.7 Å². The Bertz CT molecular complexity index is 803. The van der Waals surface area contributed by atoms with Gasteiger partial charge in [-0.2, -0.15) is 0 Å². The third-order valence-corrected chi connectivity index (χ3v) is 3.60. The maximum atomic E-state index is 13.2. The molecule has 5 heteroatoms. The number of aryl methyl sites for hydroxylation is 2. The van der Waals surface area contributed by atoms with Crippen molar-refractivity contribution in [1.29, 1.82) is 0 Å². The molecule has 0 unspecified atom stereocenters. The zero-order chi connectivity index (χ0) is 14.1. The third kappa shape index (κ3) is 2.49. The molecule has 0 atom stereocenters. The van der Waals surface area contributed by atoms with Gasteiger partial charge in [-0.3, -0.25) is 0 Å². The van der Waals surface area contributed by atoms with E-state index in [2.05, 4.69) is 4.98 Å². The summed E-state index contributed by atoms with van der Waals surface area (Å²) < 4.78 is 28.5. The lowest BCUT2D eigenvalue weighted by molar-refractivity contribution is 0.625. The molecule has 0 aliphatic heterocycles. The normalized spacial score (nSPS) is 11.1. The van der Waals surface area contributed by atoms with E-state index < -0.39 is 0 Å². The number of hydrogen-bond acceptors (Lipinski definition) is 1. The second-order valence-corrected chi connectivity index (χ2v) is 5.01. The summed E-state index contributed by atoms with van der Waals surface area (Å²) in [6.45, 7) is 0.663. The van der Waals surface area contributed by atoms with Crippen LogP contribution in [0.4, 0.5) is 8.78 Å². The van der Waals surface area contributed by atoms with E-state index in [-0.39, 0.29) is 11.6 Å². The highest BCUT2D eigenvalue weighted by atomic mass is 32.1. The first-order valence-corrected chi connectivity index (χ1v) is 6.67. The van der Waals surface area contributed by atoms with Gasteiger partial charge in [-0.05, 0) is 54.5 Å². The van der Waals surface area contributed by atoms with Gasteiger partial charge in [-0.1, -0.05) is 12.1 Å². The molecule has 0 fully saturated rings. The Kier molecular flexibility index (Phi) is 3.36. The molecule has 20 heavy (non-hydrogen) atoms. The Morgan fingerprint density at radius 1 is 1.00 bits per heavy atom. The molecule has 2 nitrogen and oxygen atoms in total. The molecular weight excluding hydrogens is 278 g/mol. The van der Waals surface area contributed by atoms with Crippen molar-refractivity contribution in [2.75, 3.05) is 0 Å². The second kappa shape index (κ2) is 5.17. The van der Waals surface area contributed by atoms with Crippen molar-refractivity contribution in [2.24, 2.45) is 0 Å². The number of aromatic nitrogens is 2. The van der Waals surface area contributed by atoms with E-state index in [4.69, 9.17) is 12.2 Å². The number of halogens is 2. The molecule has 0 saturated carbocycles. The highest BCUT2D eigenvalue weighted by Crippen LogP contribution is 2.16. The zero-order valence-corrected chi connectivity index (χ0v) is 11.4. The van der Waals surface area contributed by atoms with Crippen LogP contribution in [0.1, 0.15) is 5.56 Å². The van der Waals surface area contributed by atoms with E-state index >= 15 is 0 Å². The number of rotatable bonds is 3.